The van der Waals surface area contributed by atoms with Crippen LogP contribution < -0.4 is 5.73 Å². The fourth-order valence-corrected chi connectivity index (χ4v) is 1.55. The lowest BCUT2D eigenvalue weighted by Gasteiger charge is -2.08. The van der Waals surface area contributed by atoms with Crippen molar-refractivity contribution in [3.8, 4) is 0 Å². The molecule has 0 amide bonds. The highest BCUT2D eigenvalue weighted by molar-refractivity contribution is 5.86. The van der Waals surface area contributed by atoms with Crippen molar-refractivity contribution in [1.29, 1.82) is 0 Å². The minimum Gasteiger partial charge on any atom is -0.463 e. The molecule has 0 bridgehead atoms. The van der Waals surface area contributed by atoms with Gasteiger partial charge in [-0.15, -0.1) is 0 Å². The fraction of sp³-hybridized carbons (Fsp3) is 0.154. The molecule has 2 N–H and O–H groups in total. The van der Waals surface area contributed by atoms with Crippen molar-refractivity contribution in [2.45, 2.75) is 6.04 Å². The highest BCUT2D eigenvalue weighted by atomic mass is 16.5. The highest BCUT2D eigenvalue weighted by Gasteiger charge is 2.16. The molecule has 0 aliphatic heterocycles. The Kier molecular flexibility index (Phi) is 3.25. The van der Waals surface area contributed by atoms with Crippen LogP contribution >= 0.6 is 0 Å². The second kappa shape index (κ2) is 4.84. The number of methoxy groups -OCH3 is 1. The van der Waals surface area contributed by atoms with Crippen molar-refractivity contribution in [1.82, 2.24) is 0 Å². The van der Waals surface area contributed by atoms with Crippen molar-refractivity contribution < 1.29 is 13.9 Å². The molecule has 1 aromatic carbocycles. The molecule has 88 valence electrons. The number of benzene rings is 1. The molecule has 0 fully saturated rings. The van der Waals surface area contributed by atoms with Gasteiger partial charge in [-0.25, -0.2) is 4.79 Å². The molecule has 2 rings (SSSR count). The number of hydrogen-bond donors (Lipinski definition) is 1. The maximum Gasteiger partial charge on any atom is 0.373 e. The van der Waals surface area contributed by atoms with E-state index in [9.17, 15) is 4.79 Å². The number of ether oxygens (including phenoxy) is 1. The fourth-order valence-electron chi connectivity index (χ4n) is 1.55. The lowest BCUT2D eigenvalue weighted by Crippen LogP contribution is -2.10. The normalized spacial score (nSPS) is 12.1. The maximum atomic E-state index is 11.2. The smallest absolute Gasteiger partial charge is 0.373 e. The lowest BCUT2D eigenvalue weighted by atomic mass is 10.1. The van der Waals surface area contributed by atoms with Crippen LogP contribution in [-0.4, -0.2) is 13.1 Å². The van der Waals surface area contributed by atoms with Gasteiger partial charge in [0, 0.05) is 0 Å². The Labute approximate surface area is 99.0 Å². The second-order valence-electron chi connectivity index (χ2n) is 3.58. The van der Waals surface area contributed by atoms with Crippen LogP contribution in [0.1, 0.15) is 27.9 Å². The van der Waals surface area contributed by atoms with Crippen LogP contribution in [0.15, 0.2) is 46.9 Å². The highest BCUT2D eigenvalue weighted by Crippen LogP contribution is 2.21. The predicted octanol–water partition coefficient (Wildman–Crippen LogP) is 2.11. The van der Waals surface area contributed by atoms with Crippen molar-refractivity contribution in [2.75, 3.05) is 7.11 Å². The number of carbonyl (C=O) groups excluding carboxylic acids is 1. The van der Waals surface area contributed by atoms with Gasteiger partial charge in [0.15, 0.2) is 0 Å². The van der Waals surface area contributed by atoms with Crippen LogP contribution in [0.3, 0.4) is 0 Å². The van der Waals surface area contributed by atoms with Gasteiger partial charge in [-0.2, -0.15) is 0 Å². The summed E-state index contributed by atoms with van der Waals surface area (Å²) in [6.45, 7) is 0. The third kappa shape index (κ3) is 2.37. The van der Waals surface area contributed by atoms with Gasteiger partial charge in [-0.1, -0.05) is 30.3 Å². The van der Waals surface area contributed by atoms with E-state index < -0.39 is 5.97 Å². The Hall–Kier alpha value is -2.07. The van der Waals surface area contributed by atoms with Crippen molar-refractivity contribution in [3.05, 3.63) is 59.5 Å². The predicted molar refractivity (Wildman–Crippen MR) is 62.5 cm³/mol. The first-order chi connectivity index (χ1) is 8.22. The topological polar surface area (TPSA) is 65.5 Å². The first-order valence-electron chi connectivity index (χ1n) is 5.21. The molecule has 1 aromatic heterocycles. The Morgan fingerprint density at radius 1 is 1.24 bits per heavy atom. The van der Waals surface area contributed by atoms with Gasteiger partial charge in [0.2, 0.25) is 5.76 Å². The molecule has 4 heteroatoms. The average Bonchev–Trinajstić information content (AvgIpc) is 2.87. The number of nitrogens with two attached hydrogens (primary N) is 1. The van der Waals surface area contributed by atoms with Crippen molar-refractivity contribution in [3.63, 3.8) is 0 Å². The molecule has 0 radical (unpaired) electrons. The zero-order chi connectivity index (χ0) is 12.3. The third-order valence-corrected chi connectivity index (χ3v) is 2.48. The maximum absolute atomic E-state index is 11.2. The van der Waals surface area contributed by atoms with Crippen molar-refractivity contribution >= 4 is 5.97 Å². The SMILES string of the molecule is COC(=O)c1ccc(C(N)c2ccccc2)o1. The molecule has 1 heterocycles. The van der Waals surface area contributed by atoms with Crippen LogP contribution in [-0.2, 0) is 4.74 Å². The van der Waals surface area contributed by atoms with Crippen LogP contribution in [0.2, 0.25) is 0 Å². The Morgan fingerprint density at radius 3 is 2.59 bits per heavy atom. The molecular formula is C13H13NO3. The minimum absolute atomic E-state index is 0.161. The third-order valence-electron chi connectivity index (χ3n) is 2.48. The molecule has 0 spiro atoms. The van der Waals surface area contributed by atoms with Crippen LogP contribution in [0.5, 0.6) is 0 Å². The van der Waals surface area contributed by atoms with E-state index in [-0.39, 0.29) is 11.8 Å². The summed E-state index contributed by atoms with van der Waals surface area (Å²) in [4.78, 5) is 11.2. The van der Waals surface area contributed by atoms with Crippen LogP contribution in [0, 0.1) is 0 Å². The monoisotopic (exact) mass is 231 g/mol. The summed E-state index contributed by atoms with van der Waals surface area (Å²) in [6, 6.07) is 12.4. The van der Waals surface area contributed by atoms with Crippen molar-refractivity contribution in [2.24, 2.45) is 5.73 Å². The zero-order valence-electron chi connectivity index (χ0n) is 9.42. The van der Waals surface area contributed by atoms with E-state index in [1.807, 2.05) is 30.3 Å². The average molecular weight is 231 g/mol. The van der Waals surface area contributed by atoms with Gasteiger partial charge < -0.3 is 14.9 Å². The van der Waals surface area contributed by atoms with E-state index in [0.29, 0.717) is 5.76 Å². The number of esters is 1. The van der Waals surface area contributed by atoms with Gasteiger partial charge >= 0.3 is 5.97 Å². The molecule has 17 heavy (non-hydrogen) atoms. The quantitative estimate of drug-likeness (QED) is 0.821. The summed E-state index contributed by atoms with van der Waals surface area (Å²) < 4.78 is 9.91. The first kappa shape index (κ1) is 11.4. The number of carbonyl (C=O) groups is 1. The molecule has 4 nitrogen and oxygen atoms in total. The number of furan rings is 1. The molecule has 1 atom stereocenters. The Balaban J connectivity index is 2.23. The van der Waals surface area contributed by atoms with E-state index in [2.05, 4.69) is 4.74 Å². The van der Waals surface area contributed by atoms with E-state index in [4.69, 9.17) is 10.2 Å². The summed E-state index contributed by atoms with van der Waals surface area (Å²) >= 11 is 0. The van der Waals surface area contributed by atoms with E-state index >= 15 is 0 Å². The Morgan fingerprint density at radius 2 is 1.94 bits per heavy atom. The van der Waals surface area contributed by atoms with E-state index in [0.717, 1.165) is 5.56 Å². The molecule has 0 saturated carbocycles. The van der Waals surface area contributed by atoms with Gasteiger partial charge in [-0.3, -0.25) is 0 Å². The molecule has 0 saturated heterocycles. The largest absolute Gasteiger partial charge is 0.463 e. The zero-order valence-corrected chi connectivity index (χ0v) is 9.42. The number of hydrogen-bond acceptors (Lipinski definition) is 4. The van der Waals surface area contributed by atoms with E-state index in [1.54, 1.807) is 12.1 Å². The summed E-state index contributed by atoms with van der Waals surface area (Å²) in [7, 11) is 1.31. The van der Waals surface area contributed by atoms with Gasteiger partial charge in [0.05, 0.1) is 13.2 Å². The molecule has 2 aromatic rings. The summed E-state index contributed by atoms with van der Waals surface area (Å²) in [6.07, 6.45) is 0. The lowest BCUT2D eigenvalue weighted by molar-refractivity contribution is 0.0562. The number of rotatable bonds is 3. The second-order valence-corrected chi connectivity index (χ2v) is 3.58. The van der Waals surface area contributed by atoms with Gasteiger partial charge in [0.1, 0.15) is 5.76 Å². The molecule has 0 aliphatic rings. The standard InChI is InChI=1S/C13H13NO3/c1-16-13(15)11-8-7-10(17-11)12(14)9-5-3-2-4-6-9/h2-8,12H,14H2,1H3. The molecule has 0 aliphatic carbocycles. The van der Waals surface area contributed by atoms with Crippen LogP contribution in [0.25, 0.3) is 0 Å². The van der Waals surface area contributed by atoms with Gasteiger partial charge in [0.25, 0.3) is 0 Å². The summed E-state index contributed by atoms with van der Waals surface area (Å²) in [5, 5.41) is 0. The minimum atomic E-state index is -0.503. The Bertz CT molecular complexity index is 504. The summed E-state index contributed by atoms with van der Waals surface area (Å²) in [5.74, 6) is 0.196. The molecular weight excluding hydrogens is 218 g/mol. The molecule has 1 unspecified atom stereocenters. The summed E-state index contributed by atoms with van der Waals surface area (Å²) in [5.41, 5.74) is 6.95. The van der Waals surface area contributed by atoms with Crippen LogP contribution in [0.4, 0.5) is 0 Å². The van der Waals surface area contributed by atoms with Gasteiger partial charge in [-0.05, 0) is 17.7 Å². The first-order valence-corrected chi connectivity index (χ1v) is 5.21. The van der Waals surface area contributed by atoms with E-state index in [1.165, 1.54) is 7.11 Å².